The van der Waals surface area contributed by atoms with Gasteiger partial charge in [0.15, 0.2) is 5.82 Å². The third-order valence-corrected chi connectivity index (χ3v) is 4.33. The molecule has 0 N–H and O–H groups in total. The van der Waals surface area contributed by atoms with E-state index in [4.69, 9.17) is 0 Å². The molecule has 0 radical (unpaired) electrons. The van der Waals surface area contributed by atoms with Gasteiger partial charge in [0.25, 0.3) is 0 Å². The Labute approximate surface area is 112 Å². The molecule has 0 atom stereocenters. The van der Waals surface area contributed by atoms with E-state index in [0.717, 1.165) is 5.56 Å². The molecule has 0 bridgehead atoms. The Kier molecular flexibility index (Phi) is 3.18. The number of hydrogen-bond donors (Lipinski definition) is 0. The summed E-state index contributed by atoms with van der Waals surface area (Å²) >= 11 is 1.48. The van der Waals surface area contributed by atoms with Gasteiger partial charge in [-0.2, -0.15) is 0 Å². The molecule has 18 heavy (non-hydrogen) atoms. The fraction of sp³-hybridized carbons (Fsp3) is 0.500. The van der Waals surface area contributed by atoms with Gasteiger partial charge in [-0.3, -0.25) is 4.79 Å². The number of carbonyl (C=O) groups excluding carboxylic acids is 1. The van der Waals surface area contributed by atoms with Crippen LogP contribution in [-0.2, 0) is 10.2 Å². The fourth-order valence-electron chi connectivity index (χ4n) is 2.36. The number of rotatable bonds is 2. The van der Waals surface area contributed by atoms with Gasteiger partial charge in [0.1, 0.15) is 0 Å². The van der Waals surface area contributed by atoms with Crippen molar-refractivity contribution in [3.8, 4) is 0 Å². The van der Waals surface area contributed by atoms with Gasteiger partial charge in [0.2, 0.25) is 5.91 Å². The van der Waals surface area contributed by atoms with Gasteiger partial charge in [-0.15, -0.1) is 11.8 Å². The maximum absolute atomic E-state index is 14.5. The molecular formula is C14H18FNOS. The van der Waals surface area contributed by atoms with Gasteiger partial charge >= 0.3 is 0 Å². The summed E-state index contributed by atoms with van der Waals surface area (Å²) in [6, 6.07) is 3.66. The Morgan fingerprint density at radius 3 is 2.50 bits per heavy atom. The van der Waals surface area contributed by atoms with Crippen molar-refractivity contribution < 1.29 is 9.18 Å². The van der Waals surface area contributed by atoms with Crippen LogP contribution >= 0.6 is 11.8 Å². The number of halogens is 1. The number of likely N-dealkylation sites (N-methyl/N-ethyl adjacent to an activating group) is 1. The van der Waals surface area contributed by atoms with E-state index in [-0.39, 0.29) is 11.7 Å². The summed E-state index contributed by atoms with van der Waals surface area (Å²) in [4.78, 5) is 14.2. The Morgan fingerprint density at radius 2 is 1.94 bits per heavy atom. The first-order valence-corrected chi connectivity index (χ1v) is 6.92. The molecule has 1 aliphatic heterocycles. The van der Waals surface area contributed by atoms with Gasteiger partial charge in [0, 0.05) is 17.2 Å². The zero-order valence-electron chi connectivity index (χ0n) is 11.4. The van der Waals surface area contributed by atoms with Crippen molar-refractivity contribution in [3.63, 3.8) is 0 Å². The molecule has 1 aromatic carbocycles. The van der Waals surface area contributed by atoms with Crippen LogP contribution in [0.4, 0.5) is 10.1 Å². The molecule has 0 aliphatic carbocycles. The number of hydrogen-bond acceptors (Lipinski definition) is 2. The van der Waals surface area contributed by atoms with E-state index in [9.17, 15) is 9.18 Å². The van der Waals surface area contributed by atoms with Crippen LogP contribution in [-0.4, -0.2) is 18.2 Å². The van der Waals surface area contributed by atoms with E-state index in [1.807, 2.05) is 33.8 Å². The van der Waals surface area contributed by atoms with Crippen LogP contribution in [0.5, 0.6) is 0 Å². The van der Waals surface area contributed by atoms with E-state index in [1.165, 1.54) is 16.7 Å². The van der Waals surface area contributed by atoms with Crippen LogP contribution in [0.15, 0.2) is 17.0 Å². The van der Waals surface area contributed by atoms with E-state index in [0.29, 0.717) is 15.8 Å². The van der Waals surface area contributed by atoms with Crippen molar-refractivity contribution in [1.29, 1.82) is 0 Å². The summed E-state index contributed by atoms with van der Waals surface area (Å²) in [5, 5.41) is 0.313. The Bertz CT molecular complexity index is 511. The average Bonchev–Trinajstić information content (AvgIpc) is 2.44. The van der Waals surface area contributed by atoms with Gasteiger partial charge < -0.3 is 4.90 Å². The smallest absolute Gasteiger partial charge is 0.236 e. The highest BCUT2D eigenvalue weighted by molar-refractivity contribution is 7.99. The molecule has 1 heterocycles. The van der Waals surface area contributed by atoms with Crippen molar-refractivity contribution in [1.82, 2.24) is 0 Å². The third-order valence-electron chi connectivity index (χ3n) is 3.29. The minimum Gasteiger partial charge on any atom is -0.312 e. The van der Waals surface area contributed by atoms with E-state index < -0.39 is 5.41 Å². The van der Waals surface area contributed by atoms with Crippen LogP contribution < -0.4 is 4.90 Å². The lowest BCUT2D eigenvalue weighted by Crippen LogP contribution is -2.33. The van der Waals surface area contributed by atoms with Crippen molar-refractivity contribution in [2.75, 3.05) is 11.9 Å². The number of anilines is 1. The highest BCUT2D eigenvalue weighted by Crippen LogP contribution is 2.45. The van der Waals surface area contributed by atoms with Crippen molar-refractivity contribution >= 4 is 23.4 Å². The van der Waals surface area contributed by atoms with Crippen LogP contribution in [0, 0.1) is 5.82 Å². The third kappa shape index (κ3) is 1.83. The summed E-state index contributed by atoms with van der Waals surface area (Å²) in [6.45, 7) is 7.73. The summed E-state index contributed by atoms with van der Waals surface area (Å²) in [5.74, 6) is -0.323. The molecule has 2 rings (SSSR count). The van der Waals surface area contributed by atoms with Crippen LogP contribution in [0.1, 0.15) is 33.3 Å². The zero-order valence-corrected chi connectivity index (χ0v) is 12.2. The summed E-state index contributed by atoms with van der Waals surface area (Å²) in [6.07, 6.45) is 0. The Balaban J connectivity index is 2.58. The number of amides is 1. The zero-order chi connectivity index (χ0) is 13.7. The molecule has 1 amide bonds. The average molecular weight is 267 g/mol. The van der Waals surface area contributed by atoms with Crippen molar-refractivity contribution in [2.45, 2.75) is 43.3 Å². The lowest BCUT2D eigenvalue weighted by molar-refractivity contribution is -0.121. The molecule has 4 heteroatoms. The monoisotopic (exact) mass is 267 g/mol. The first-order valence-electron chi connectivity index (χ1n) is 6.04. The molecule has 0 saturated carbocycles. The Hall–Kier alpha value is -1.03. The number of thioether (sulfide) groups is 1. The predicted octanol–water partition coefficient (Wildman–Crippen LogP) is 3.58. The van der Waals surface area contributed by atoms with E-state index in [2.05, 4.69) is 0 Å². The minimum absolute atomic E-state index is 0.0527. The minimum atomic E-state index is -0.633. The van der Waals surface area contributed by atoms with Gasteiger partial charge in [-0.05, 0) is 25.5 Å². The van der Waals surface area contributed by atoms with Crippen LogP contribution in [0.25, 0.3) is 0 Å². The molecule has 1 aliphatic rings. The first-order chi connectivity index (χ1) is 8.26. The SMILES string of the molecule is CC(C)Sc1ccc2c(c1F)N(C)C(=O)C2(C)C. The number of fused-ring (bicyclic) bond motifs is 1. The molecule has 0 spiro atoms. The van der Waals surface area contributed by atoms with Crippen LogP contribution in [0.3, 0.4) is 0 Å². The highest BCUT2D eigenvalue weighted by atomic mass is 32.2. The van der Waals surface area contributed by atoms with E-state index in [1.54, 1.807) is 13.1 Å². The lowest BCUT2D eigenvalue weighted by atomic mass is 9.86. The normalized spacial score (nSPS) is 17.5. The molecule has 0 unspecified atom stereocenters. The standard InChI is InChI=1S/C14H18FNOS/c1-8(2)18-10-7-6-9-12(11(10)15)16(5)13(17)14(9,3)4/h6-8H,1-5H3. The molecule has 2 nitrogen and oxygen atoms in total. The maximum Gasteiger partial charge on any atom is 0.236 e. The number of benzene rings is 1. The summed E-state index contributed by atoms with van der Waals surface area (Å²) in [5.41, 5.74) is 0.586. The fourth-order valence-corrected chi connectivity index (χ4v) is 3.21. The topological polar surface area (TPSA) is 20.3 Å². The molecule has 0 saturated heterocycles. The largest absolute Gasteiger partial charge is 0.312 e. The highest BCUT2D eigenvalue weighted by Gasteiger charge is 2.44. The Morgan fingerprint density at radius 1 is 1.33 bits per heavy atom. The second kappa shape index (κ2) is 4.26. The summed E-state index contributed by atoms with van der Waals surface area (Å²) in [7, 11) is 1.64. The van der Waals surface area contributed by atoms with Crippen LogP contribution in [0.2, 0.25) is 0 Å². The van der Waals surface area contributed by atoms with Crippen molar-refractivity contribution in [2.24, 2.45) is 0 Å². The molecule has 98 valence electrons. The molecule has 0 aromatic heterocycles. The quantitative estimate of drug-likeness (QED) is 0.763. The molecule has 1 aromatic rings. The second-order valence-corrected chi connectivity index (χ2v) is 7.05. The van der Waals surface area contributed by atoms with Crippen molar-refractivity contribution in [3.05, 3.63) is 23.5 Å². The molecule has 0 fully saturated rings. The number of carbonyl (C=O) groups is 1. The predicted molar refractivity (Wildman–Crippen MR) is 73.8 cm³/mol. The molecular weight excluding hydrogens is 249 g/mol. The lowest BCUT2D eigenvalue weighted by Gasteiger charge is -2.16. The number of nitrogens with zero attached hydrogens (tertiary/aromatic N) is 1. The van der Waals surface area contributed by atoms with Gasteiger partial charge in [0.05, 0.1) is 11.1 Å². The van der Waals surface area contributed by atoms with E-state index >= 15 is 0 Å². The maximum atomic E-state index is 14.5. The van der Waals surface area contributed by atoms with Gasteiger partial charge in [-0.1, -0.05) is 19.9 Å². The second-order valence-electron chi connectivity index (χ2n) is 5.43. The first kappa shape index (κ1) is 13.4. The summed E-state index contributed by atoms with van der Waals surface area (Å²) < 4.78 is 14.5. The van der Waals surface area contributed by atoms with Gasteiger partial charge in [-0.25, -0.2) is 4.39 Å².